The smallest absolute Gasteiger partial charge is 0.284 e. The summed E-state index contributed by atoms with van der Waals surface area (Å²) in [5.74, 6) is 1.70. The number of nitrogens with zero attached hydrogens (tertiary/aromatic N) is 3. The van der Waals surface area contributed by atoms with E-state index < -0.39 is 0 Å². The lowest BCUT2D eigenvalue weighted by molar-refractivity contribution is -0.131. The second-order valence-corrected chi connectivity index (χ2v) is 6.91. The summed E-state index contributed by atoms with van der Waals surface area (Å²) < 4.78 is 10.7. The summed E-state index contributed by atoms with van der Waals surface area (Å²) in [5, 5.41) is 8.05. The van der Waals surface area contributed by atoms with Gasteiger partial charge < -0.3 is 13.7 Å². The zero-order chi connectivity index (χ0) is 15.5. The third-order valence-electron chi connectivity index (χ3n) is 3.86. The molecule has 2 aromatic heterocycles. The van der Waals surface area contributed by atoms with Crippen LogP contribution in [-0.4, -0.2) is 39.3 Å². The molecule has 0 unspecified atom stereocenters. The molecule has 1 saturated heterocycles. The van der Waals surface area contributed by atoms with Crippen LogP contribution < -0.4 is 0 Å². The van der Waals surface area contributed by atoms with Crippen LogP contribution in [0.1, 0.15) is 26.7 Å². The molecule has 1 atom stereocenters. The molecule has 1 aliphatic heterocycles. The van der Waals surface area contributed by atoms with Crippen LogP contribution in [0.4, 0.5) is 0 Å². The number of amides is 1. The van der Waals surface area contributed by atoms with E-state index in [-0.39, 0.29) is 11.2 Å². The molecule has 22 heavy (non-hydrogen) atoms. The molecule has 0 saturated carbocycles. The zero-order valence-electron chi connectivity index (χ0n) is 12.7. The Kier molecular flexibility index (Phi) is 4.52. The van der Waals surface area contributed by atoms with Crippen molar-refractivity contribution in [1.29, 1.82) is 0 Å². The standard InChI is InChI=1S/C15H19N3O3S/c1-10-5-7-18(8-6-10)14(19)11(2)22-15-17-16-13(21-15)12-4-3-9-20-12/h3-4,9-11H,5-8H2,1-2H3/t11-/m0/s1. The van der Waals surface area contributed by atoms with Gasteiger partial charge >= 0.3 is 0 Å². The molecular weight excluding hydrogens is 302 g/mol. The predicted octanol–water partition coefficient (Wildman–Crippen LogP) is 3.07. The Morgan fingerprint density at radius 2 is 2.18 bits per heavy atom. The van der Waals surface area contributed by atoms with Crippen molar-refractivity contribution in [1.82, 2.24) is 15.1 Å². The van der Waals surface area contributed by atoms with Crippen LogP contribution >= 0.6 is 11.8 Å². The molecule has 7 heteroatoms. The van der Waals surface area contributed by atoms with E-state index in [2.05, 4.69) is 17.1 Å². The van der Waals surface area contributed by atoms with Crippen molar-refractivity contribution >= 4 is 17.7 Å². The summed E-state index contributed by atoms with van der Waals surface area (Å²) >= 11 is 1.29. The van der Waals surface area contributed by atoms with Gasteiger partial charge in [0.2, 0.25) is 5.91 Å². The lowest BCUT2D eigenvalue weighted by Crippen LogP contribution is -2.41. The van der Waals surface area contributed by atoms with Gasteiger partial charge in [0.1, 0.15) is 0 Å². The topological polar surface area (TPSA) is 72.4 Å². The lowest BCUT2D eigenvalue weighted by atomic mass is 9.99. The Morgan fingerprint density at radius 1 is 1.41 bits per heavy atom. The molecular formula is C15H19N3O3S. The maximum absolute atomic E-state index is 12.4. The summed E-state index contributed by atoms with van der Waals surface area (Å²) in [5.41, 5.74) is 0. The van der Waals surface area contributed by atoms with Gasteiger partial charge in [-0.1, -0.05) is 18.7 Å². The Labute approximate surface area is 133 Å². The van der Waals surface area contributed by atoms with Crippen molar-refractivity contribution in [3.8, 4) is 11.7 Å². The fourth-order valence-corrected chi connectivity index (χ4v) is 3.21. The van der Waals surface area contributed by atoms with Gasteiger partial charge in [-0.3, -0.25) is 4.79 Å². The van der Waals surface area contributed by atoms with Gasteiger partial charge in [-0.2, -0.15) is 0 Å². The molecule has 0 spiro atoms. The number of likely N-dealkylation sites (tertiary alicyclic amines) is 1. The molecule has 2 aromatic rings. The van der Waals surface area contributed by atoms with Crippen LogP contribution in [0.15, 0.2) is 32.5 Å². The van der Waals surface area contributed by atoms with Crippen molar-refractivity contribution in [2.45, 2.75) is 37.2 Å². The molecule has 0 aliphatic carbocycles. The van der Waals surface area contributed by atoms with E-state index in [0.717, 1.165) is 25.9 Å². The first-order valence-electron chi connectivity index (χ1n) is 7.46. The summed E-state index contributed by atoms with van der Waals surface area (Å²) in [6, 6.07) is 3.52. The van der Waals surface area contributed by atoms with E-state index in [1.807, 2.05) is 11.8 Å². The van der Waals surface area contributed by atoms with Crippen molar-refractivity contribution < 1.29 is 13.6 Å². The van der Waals surface area contributed by atoms with Crippen molar-refractivity contribution in [2.75, 3.05) is 13.1 Å². The highest BCUT2D eigenvalue weighted by Gasteiger charge is 2.26. The average molecular weight is 321 g/mol. The summed E-state index contributed by atoms with van der Waals surface area (Å²) in [6.07, 6.45) is 3.70. The van der Waals surface area contributed by atoms with Crippen LogP contribution in [-0.2, 0) is 4.79 Å². The van der Waals surface area contributed by atoms with Crippen LogP contribution in [0.3, 0.4) is 0 Å². The molecule has 3 rings (SSSR count). The first kappa shape index (κ1) is 15.1. The van der Waals surface area contributed by atoms with Crippen LogP contribution in [0.2, 0.25) is 0 Å². The Morgan fingerprint density at radius 3 is 2.86 bits per heavy atom. The minimum absolute atomic E-state index is 0.134. The monoisotopic (exact) mass is 321 g/mol. The van der Waals surface area contributed by atoms with E-state index >= 15 is 0 Å². The maximum Gasteiger partial charge on any atom is 0.284 e. The predicted molar refractivity (Wildman–Crippen MR) is 82.3 cm³/mol. The van der Waals surface area contributed by atoms with Gasteiger partial charge in [0, 0.05) is 13.1 Å². The van der Waals surface area contributed by atoms with Gasteiger partial charge in [0.25, 0.3) is 11.1 Å². The van der Waals surface area contributed by atoms with Crippen LogP contribution in [0.25, 0.3) is 11.7 Å². The van der Waals surface area contributed by atoms with Gasteiger partial charge in [0.05, 0.1) is 11.5 Å². The minimum atomic E-state index is -0.238. The molecule has 1 amide bonds. The highest BCUT2D eigenvalue weighted by atomic mass is 32.2. The zero-order valence-corrected chi connectivity index (χ0v) is 13.5. The van der Waals surface area contributed by atoms with E-state index in [1.165, 1.54) is 11.8 Å². The summed E-state index contributed by atoms with van der Waals surface area (Å²) in [7, 11) is 0. The van der Waals surface area contributed by atoms with E-state index in [1.54, 1.807) is 18.4 Å². The van der Waals surface area contributed by atoms with E-state index in [9.17, 15) is 4.79 Å². The summed E-state index contributed by atoms with van der Waals surface area (Å²) in [4.78, 5) is 14.4. The first-order valence-corrected chi connectivity index (χ1v) is 8.34. The molecule has 0 aromatic carbocycles. The maximum atomic E-state index is 12.4. The lowest BCUT2D eigenvalue weighted by Gasteiger charge is -2.31. The van der Waals surface area contributed by atoms with Gasteiger partial charge in [0.15, 0.2) is 5.76 Å². The molecule has 0 radical (unpaired) electrons. The summed E-state index contributed by atoms with van der Waals surface area (Å²) in [6.45, 7) is 5.79. The second kappa shape index (κ2) is 6.56. The number of furan rings is 1. The highest BCUT2D eigenvalue weighted by molar-refractivity contribution is 8.00. The largest absolute Gasteiger partial charge is 0.459 e. The van der Waals surface area contributed by atoms with E-state index in [0.29, 0.717) is 22.8 Å². The minimum Gasteiger partial charge on any atom is -0.459 e. The molecule has 6 nitrogen and oxygen atoms in total. The number of hydrogen-bond donors (Lipinski definition) is 0. The van der Waals surface area contributed by atoms with Crippen LogP contribution in [0, 0.1) is 5.92 Å². The molecule has 1 fully saturated rings. The second-order valence-electron chi connectivity index (χ2n) is 5.62. The third kappa shape index (κ3) is 3.35. The fraction of sp³-hybridized carbons (Fsp3) is 0.533. The Hall–Kier alpha value is -1.76. The Balaban J connectivity index is 1.59. The average Bonchev–Trinajstić information content (AvgIpc) is 3.18. The van der Waals surface area contributed by atoms with Gasteiger partial charge in [-0.25, -0.2) is 0 Å². The highest BCUT2D eigenvalue weighted by Crippen LogP contribution is 2.28. The first-order chi connectivity index (χ1) is 10.6. The third-order valence-corrected chi connectivity index (χ3v) is 4.78. The molecule has 1 aliphatic rings. The SMILES string of the molecule is CC1CCN(C(=O)[C@H](C)Sc2nnc(-c3ccco3)o2)CC1. The number of thioether (sulfide) groups is 1. The number of aromatic nitrogens is 2. The van der Waals surface area contributed by atoms with Crippen molar-refractivity contribution in [2.24, 2.45) is 5.92 Å². The van der Waals surface area contributed by atoms with Gasteiger partial charge in [-0.15, -0.1) is 10.2 Å². The van der Waals surface area contributed by atoms with Crippen LogP contribution in [0.5, 0.6) is 0 Å². The molecule has 118 valence electrons. The quantitative estimate of drug-likeness (QED) is 0.806. The van der Waals surface area contributed by atoms with Crippen molar-refractivity contribution in [3.63, 3.8) is 0 Å². The van der Waals surface area contributed by atoms with E-state index in [4.69, 9.17) is 8.83 Å². The number of hydrogen-bond acceptors (Lipinski definition) is 6. The van der Waals surface area contributed by atoms with Gasteiger partial charge in [-0.05, 0) is 37.8 Å². The number of carbonyl (C=O) groups excluding carboxylic acids is 1. The number of piperidine rings is 1. The van der Waals surface area contributed by atoms with Crippen molar-refractivity contribution in [3.05, 3.63) is 18.4 Å². The normalized spacial score (nSPS) is 17.6. The molecule has 0 bridgehead atoms. The molecule has 0 N–H and O–H groups in total. The Bertz CT molecular complexity index is 618. The molecule has 3 heterocycles. The number of carbonyl (C=O) groups is 1. The number of rotatable bonds is 4. The fourth-order valence-electron chi connectivity index (χ4n) is 2.44.